The van der Waals surface area contributed by atoms with Crippen molar-refractivity contribution in [3.8, 4) is 11.8 Å². The molecule has 0 N–H and O–H groups in total. The van der Waals surface area contributed by atoms with Crippen molar-refractivity contribution < 1.29 is 14.3 Å². The molecule has 0 radical (unpaired) electrons. The molecule has 13 heavy (non-hydrogen) atoms. The third-order valence-corrected chi connectivity index (χ3v) is 1.33. The van der Waals surface area contributed by atoms with E-state index in [2.05, 4.69) is 11.8 Å². The van der Waals surface area contributed by atoms with Crippen LogP contribution in [-0.2, 0) is 14.3 Å². The highest BCUT2D eigenvalue weighted by Gasteiger charge is 2.02. The lowest BCUT2D eigenvalue weighted by Crippen LogP contribution is -2.11. The smallest absolute Gasteiger partial charge is 0.306 e. The van der Waals surface area contributed by atoms with Crippen LogP contribution in [0.5, 0.6) is 0 Å². The van der Waals surface area contributed by atoms with Gasteiger partial charge in [-0.2, -0.15) is 0 Å². The molecule has 0 saturated heterocycles. The lowest BCUT2D eigenvalue weighted by atomic mass is 10.3. The first kappa shape index (κ1) is 12.0. The summed E-state index contributed by atoms with van der Waals surface area (Å²) in [4.78, 5) is 10.8. The molecule has 0 aliphatic heterocycles. The minimum Gasteiger partial charge on any atom is -0.449 e. The van der Waals surface area contributed by atoms with Crippen LogP contribution in [0.4, 0.5) is 0 Å². The second-order valence-corrected chi connectivity index (χ2v) is 2.55. The zero-order valence-corrected chi connectivity index (χ0v) is 8.42. The maximum absolute atomic E-state index is 10.8. The van der Waals surface area contributed by atoms with Crippen molar-refractivity contribution in [1.82, 2.24) is 0 Å². The highest BCUT2D eigenvalue weighted by atomic mass is 16.5. The largest absolute Gasteiger partial charge is 0.449 e. The molecule has 0 aromatic carbocycles. The predicted molar refractivity (Wildman–Crippen MR) is 50.1 cm³/mol. The van der Waals surface area contributed by atoms with Gasteiger partial charge in [-0.3, -0.25) is 4.79 Å². The van der Waals surface area contributed by atoms with Crippen LogP contribution < -0.4 is 0 Å². The average Bonchev–Trinajstić information content (AvgIpc) is 2.12. The molecule has 0 aromatic heterocycles. The first-order valence-electron chi connectivity index (χ1n) is 4.37. The maximum atomic E-state index is 10.8. The van der Waals surface area contributed by atoms with Gasteiger partial charge in [0.15, 0.2) is 6.10 Å². The molecule has 1 atom stereocenters. The van der Waals surface area contributed by atoms with Gasteiger partial charge in [-0.15, -0.1) is 0 Å². The second-order valence-electron chi connectivity index (χ2n) is 2.55. The van der Waals surface area contributed by atoms with Crippen molar-refractivity contribution in [2.75, 3.05) is 13.7 Å². The van der Waals surface area contributed by atoms with Gasteiger partial charge in [-0.25, -0.2) is 0 Å². The number of hydrogen-bond donors (Lipinski definition) is 0. The molecule has 0 fully saturated rings. The van der Waals surface area contributed by atoms with E-state index in [9.17, 15) is 4.79 Å². The SMILES string of the molecule is CCC(=O)OC(C)C#CCCOC. The molecule has 1 unspecified atom stereocenters. The van der Waals surface area contributed by atoms with E-state index in [0.29, 0.717) is 19.4 Å². The summed E-state index contributed by atoms with van der Waals surface area (Å²) in [7, 11) is 1.63. The number of hydrogen-bond acceptors (Lipinski definition) is 3. The van der Waals surface area contributed by atoms with Crippen molar-refractivity contribution in [2.24, 2.45) is 0 Å². The van der Waals surface area contributed by atoms with E-state index in [1.807, 2.05) is 0 Å². The van der Waals surface area contributed by atoms with Gasteiger partial charge in [-0.05, 0) is 6.92 Å². The molecular formula is C10H16O3. The highest BCUT2D eigenvalue weighted by Crippen LogP contribution is 1.92. The Morgan fingerprint density at radius 2 is 2.23 bits per heavy atom. The molecule has 74 valence electrons. The summed E-state index contributed by atoms with van der Waals surface area (Å²) in [5.41, 5.74) is 0. The number of esters is 1. The Morgan fingerprint density at radius 3 is 2.77 bits per heavy atom. The Kier molecular flexibility index (Phi) is 7.04. The van der Waals surface area contributed by atoms with Crippen LogP contribution in [0.25, 0.3) is 0 Å². The van der Waals surface area contributed by atoms with Crippen molar-refractivity contribution in [2.45, 2.75) is 32.8 Å². The van der Waals surface area contributed by atoms with Gasteiger partial charge in [-0.1, -0.05) is 18.8 Å². The van der Waals surface area contributed by atoms with Crippen molar-refractivity contribution in [3.05, 3.63) is 0 Å². The molecule has 3 heteroatoms. The molecular weight excluding hydrogens is 168 g/mol. The van der Waals surface area contributed by atoms with E-state index in [-0.39, 0.29) is 12.1 Å². The Labute approximate surface area is 79.4 Å². The first-order valence-corrected chi connectivity index (χ1v) is 4.37. The van der Waals surface area contributed by atoms with Crippen molar-refractivity contribution in [1.29, 1.82) is 0 Å². The molecule has 0 heterocycles. The summed E-state index contributed by atoms with van der Waals surface area (Å²) in [6.45, 7) is 4.13. The zero-order chi connectivity index (χ0) is 10.1. The standard InChI is InChI=1S/C10H16O3/c1-4-10(11)13-9(2)7-5-6-8-12-3/h9H,4,6,8H2,1-3H3. The Balaban J connectivity index is 3.63. The summed E-state index contributed by atoms with van der Waals surface area (Å²) in [5, 5.41) is 0. The molecule has 0 spiro atoms. The van der Waals surface area contributed by atoms with Crippen LogP contribution in [0.3, 0.4) is 0 Å². The minimum absolute atomic E-state index is 0.214. The van der Waals surface area contributed by atoms with Gasteiger partial charge in [0.2, 0.25) is 0 Å². The predicted octanol–water partition coefficient (Wildman–Crippen LogP) is 1.37. The minimum atomic E-state index is -0.315. The van der Waals surface area contributed by atoms with E-state index < -0.39 is 0 Å². The third-order valence-electron chi connectivity index (χ3n) is 1.33. The second kappa shape index (κ2) is 7.63. The Hall–Kier alpha value is -1.01. The van der Waals surface area contributed by atoms with Gasteiger partial charge in [0.1, 0.15) is 0 Å². The maximum Gasteiger partial charge on any atom is 0.306 e. The number of ether oxygens (including phenoxy) is 2. The highest BCUT2D eigenvalue weighted by molar-refractivity contribution is 5.69. The molecule has 0 saturated carbocycles. The molecule has 0 aliphatic carbocycles. The van der Waals surface area contributed by atoms with E-state index in [1.54, 1.807) is 21.0 Å². The summed E-state index contributed by atoms with van der Waals surface area (Å²) in [6, 6.07) is 0. The lowest BCUT2D eigenvalue weighted by Gasteiger charge is -2.04. The van der Waals surface area contributed by atoms with E-state index in [4.69, 9.17) is 9.47 Å². The molecule has 0 bridgehead atoms. The van der Waals surface area contributed by atoms with Crippen molar-refractivity contribution >= 4 is 5.97 Å². The van der Waals surface area contributed by atoms with Gasteiger partial charge in [0.25, 0.3) is 0 Å². The van der Waals surface area contributed by atoms with Crippen LogP contribution in [0.2, 0.25) is 0 Å². The summed E-state index contributed by atoms with van der Waals surface area (Å²) in [5.74, 6) is 5.46. The molecule has 0 aliphatic rings. The molecule has 0 aromatic rings. The van der Waals surface area contributed by atoms with E-state index >= 15 is 0 Å². The van der Waals surface area contributed by atoms with Gasteiger partial charge < -0.3 is 9.47 Å². The first-order chi connectivity index (χ1) is 6.20. The Bertz CT molecular complexity index is 200. The fourth-order valence-corrected chi connectivity index (χ4v) is 0.679. The van der Waals surface area contributed by atoms with Crippen LogP contribution >= 0.6 is 0 Å². The summed E-state index contributed by atoms with van der Waals surface area (Å²) >= 11 is 0. The summed E-state index contributed by atoms with van der Waals surface area (Å²) < 4.78 is 9.74. The number of carbonyl (C=O) groups excluding carboxylic acids is 1. The van der Waals surface area contributed by atoms with Crippen LogP contribution in [-0.4, -0.2) is 25.8 Å². The molecule has 0 amide bonds. The normalized spacial score (nSPS) is 11.3. The monoisotopic (exact) mass is 184 g/mol. The molecule has 3 nitrogen and oxygen atoms in total. The summed E-state index contributed by atoms with van der Waals surface area (Å²) in [6.07, 6.45) is 0.749. The van der Waals surface area contributed by atoms with Gasteiger partial charge in [0, 0.05) is 20.0 Å². The fourth-order valence-electron chi connectivity index (χ4n) is 0.679. The van der Waals surface area contributed by atoms with Crippen LogP contribution in [0.1, 0.15) is 26.7 Å². The number of carbonyl (C=O) groups is 1. The topological polar surface area (TPSA) is 35.5 Å². The molecule has 0 rings (SSSR count). The van der Waals surface area contributed by atoms with E-state index in [0.717, 1.165) is 0 Å². The number of rotatable bonds is 4. The average molecular weight is 184 g/mol. The van der Waals surface area contributed by atoms with Crippen molar-refractivity contribution in [3.63, 3.8) is 0 Å². The third kappa shape index (κ3) is 7.35. The van der Waals surface area contributed by atoms with Crippen LogP contribution in [0.15, 0.2) is 0 Å². The van der Waals surface area contributed by atoms with E-state index in [1.165, 1.54) is 0 Å². The zero-order valence-electron chi connectivity index (χ0n) is 8.42. The number of methoxy groups -OCH3 is 1. The quantitative estimate of drug-likeness (QED) is 0.376. The van der Waals surface area contributed by atoms with Gasteiger partial charge >= 0.3 is 5.97 Å². The van der Waals surface area contributed by atoms with Gasteiger partial charge in [0.05, 0.1) is 6.61 Å². The lowest BCUT2D eigenvalue weighted by molar-refractivity contribution is -0.145. The Morgan fingerprint density at radius 1 is 1.54 bits per heavy atom. The fraction of sp³-hybridized carbons (Fsp3) is 0.700. The van der Waals surface area contributed by atoms with Crippen LogP contribution in [0, 0.1) is 11.8 Å².